The van der Waals surface area contributed by atoms with E-state index in [1.807, 2.05) is 12.1 Å². The second kappa shape index (κ2) is 5.65. The molecule has 0 aliphatic rings. The Morgan fingerprint density at radius 3 is 2.67 bits per heavy atom. The number of halogens is 1. The number of hydrogen-bond donors (Lipinski definition) is 0. The number of carbonyl (C=O) groups is 1. The topological polar surface area (TPSA) is 39.2 Å². The van der Waals surface area contributed by atoms with Crippen LogP contribution in [0.3, 0.4) is 0 Å². The summed E-state index contributed by atoms with van der Waals surface area (Å²) in [4.78, 5) is 15.3. The van der Waals surface area contributed by atoms with E-state index in [1.54, 1.807) is 30.5 Å². The number of nitrogens with zero attached hydrogens (tertiary/aromatic N) is 1. The lowest BCUT2D eigenvalue weighted by atomic mass is 10.2. The largest absolute Gasteiger partial charge is 0.473 e. The first kappa shape index (κ1) is 12.6. The number of aromatic nitrogens is 1. The molecular weight excluding hydrogens is 250 g/mol. The van der Waals surface area contributed by atoms with Gasteiger partial charge in [0.1, 0.15) is 6.61 Å². The van der Waals surface area contributed by atoms with Gasteiger partial charge in [-0.25, -0.2) is 4.98 Å². The summed E-state index contributed by atoms with van der Waals surface area (Å²) in [6.07, 6.45) is 1.56. The van der Waals surface area contributed by atoms with Gasteiger partial charge in [-0.2, -0.15) is 0 Å². The zero-order valence-corrected chi connectivity index (χ0v) is 10.6. The molecule has 0 spiro atoms. The van der Waals surface area contributed by atoms with Crippen LogP contribution in [0, 0.1) is 0 Å². The van der Waals surface area contributed by atoms with E-state index < -0.39 is 0 Å². The number of pyridine rings is 1. The maximum Gasteiger partial charge on any atom is 0.214 e. The minimum atomic E-state index is -0.00579. The summed E-state index contributed by atoms with van der Waals surface area (Å²) in [6.45, 7) is 1.91. The molecule has 0 bridgehead atoms. The van der Waals surface area contributed by atoms with Crippen LogP contribution in [0.2, 0.25) is 5.02 Å². The zero-order valence-electron chi connectivity index (χ0n) is 9.89. The molecule has 0 atom stereocenters. The highest BCUT2D eigenvalue weighted by molar-refractivity contribution is 6.30. The SMILES string of the molecule is CC(=O)c1ccnc(OCc2ccc(Cl)cc2)c1. The van der Waals surface area contributed by atoms with Crippen molar-refractivity contribution in [3.05, 3.63) is 58.7 Å². The molecule has 1 aromatic carbocycles. The van der Waals surface area contributed by atoms with Crippen molar-refractivity contribution in [1.82, 2.24) is 4.98 Å². The van der Waals surface area contributed by atoms with Gasteiger partial charge in [-0.15, -0.1) is 0 Å². The van der Waals surface area contributed by atoms with Gasteiger partial charge in [0.15, 0.2) is 5.78 Å². The highest BCUT2D eigenvalue weighted by atomic mass is 35.5. The summed E-state index contributed by atoms with van der Waals surface area (Å²) in [5.41, 5.74) is 1.59. The molecule has 2 aromatic rings. The summed E-state index contributed by atoms with van der Waals surface area (Å²) < 4.78 is 5.52. The lowest BCUT2D eigenvalue weighted by Crippen LogP contribution is -1.99. The van der Waals surface area contributed by atoms with E-state index in [0.717, 1.165) is 5.56 Å². The van der Waals surface area contributed by atoms with Gasteiger partial charge in [0, 0.05) is 22.8 Å². The minimum Gasteiger partial charge on any atom is -0.473 e. The fourth-order valence-corrected chi connectivity index (χ4v) is 1.57. The van der Waals surface area contributed by atoms with Crippen LogP contribution < -0.4 is 4.74 Å². The molecule has 0 aliphatic heterocycles. The van der Waals surface area contributed by atoms with Gasteiger partial charge < -0.3 is 4.74 Å². The lowest BCUT2D eigenvalue weighted by molar-refractivity contribution is 0.101. The Balaban J connectivity index is 2.04. The average molecular weight is 262 g/mol. The van der Waals surface area contributed by atoms with Crippen LogP contribution in [0.5, 0.6) is 5.88 Å². The molecule has 18 heavy (non-hydrogen) atoms. The third-order valence-corrected chi connectivity index (χ3v) is 2.69. The summed E-state index contributed by atoms with van der Waals surface area (Å²) >= 11 is 5.79. The van der Waals surface area contributed by atoms with Gasteiger partial charge in [0.25, 0.3) is 0 Å². The van der Waals surface area contributed by atoms with Crippen LogP contribution in [0.15, 0.2) is 42.6 Å². The number of Topliss-reactive ketones (excluding diaryl/α,β-unsaturated/α-hetero) is 1. The highest BCUT2D eigenvalue weighted by Crippen LogP contribution is 2.14. The van der Waals surface area contributed by atoms with Gasteiger partial charge in [0.2, 0.25) is 5.88 Å². The fraction of sp³-hybridized carbons (Fsp3) is 0.143. The van der Waals surface area contributed by atoms with E-state index in [0.29, 0.717) is 23.1 Å². The number of carbonyl (C=O) groups excluding carboxylic acids is 1. The standard InChI is InChI=1S/C14H12ClNO2/c1-10(17)12-6-7-16-14(8-12)18-9-11-2-4-13(15)5-3-11/h2-8H,9H2,1H3. The molecule has 3 nitrogen and oxygen atoms in total. The average Bonchev–Trinajstić information content (AvgIpc) is 2.38. The maximum atomic E-state index is 11.2. The fourth-order valence-electron chi connectivity index (χ4n) is 1.45. The van der Waals surface area contributed by atoms with Crippen molar-refractivity contribution in [2.24, 2.45) is 0 Å². The monoisotopic (exact) mass is 261 g/mol. The van der Waals surface area contributed by atoms with E-state index in [1.165, 1.54) is 6.92 Å². The van der Waals surface area contributed by atoms with E-state index in [-0.39, 0.29) is 5.78 Å². The number of hydrogen-bond acceptors (Lipinski definition) is 3. The zero-order chi connectivity index (χ0) is 13.0. The minimum absolute atomic E-state index is 0.00579. The molecule has 92 valence electrons. The first-order valence-electron chi connectivity index (χ1n) is 5.49. The maximum absolute atomic E-state index is 11.2. The number of rotatable bonds is 4. The Kier molecular flexibility index (Phi) is 3.95. The molecule has 1 heterocycles. The second-order valence-corrected chi connectivity index (χ2v) is 4.29. The lowest BCUT2D eigenvalue weighted by Gasteiger charge is -2.06. The van der Waals surface area contributed by atoms with E-state index >= 15 is 0 Å². The van der Waals surface area contributed by atoms with E-state index in [9.17, 15) is 4.79 Å². The smallest absolute Gasteiger partial charge is 0.214 e. The Labute approximate surface area is 110 Å². The predicted octanol–water partition coefficient (Wildman–Crippen LogP) is 3.52. The summed E-state index contributed by atoms with van der Waals surface area (Å²) in [5, 5.41) is 0.690. The van der Waals surface area contributed by atoms with E-state index in [4.69, 9.17) is 16.3 Å². The summed E-state index contributed by atoms with van der Waals surface area (Å²) in [5.74, 6) is 0.436. The van der Waals surface area contributed by atoms with Crippen LogP contribution in [0.1, 0.15) is 22.8 Å². The first-order chi connectivity index (χ1) is 8.65. The van der Waals surface area contributed by atoms with Gasteiger partial charge in [-0.3, -0.25) is 4.79 Å². The van der Waals surface area contributed by atoms with Crippen molar-refractivity contribution in [3.63, 3.8) is 0 Å². The predicted molar refractivity (Wildman–Crippen MR) is 70.0 cm³/mol. The van der Waals surface area contributed by atoms with Crippen LogP contribution in [0.4, 0.5) is 0 Å². The van der Waals surface area contributed by atoms with Crippen LogP contribution in [-0.2, 0) is 6.61 Å². The normalized spacial score (nSPS) is 10.1. The Morgan fingerprint density at radius 1 is 1.28 bits per heavy atom. The highest BCUT2D eigenvalue weighted by Gasteiger charge is 2.02. The van der Waals surface area contributed by atoms with Gasteiger partial charge in [0.05, 0.1) is 0 Å². The van der Waals surface area contributed by atoms with Crippen LogP contribution in [0.25, 0.3) is 0 Å². The third kappa shape index (κ3) is 3.31. The van der Waals surface area contributed by atoms with Crippen molar-refractivity contribution in [2.75, 3.05) is 0 Å². The molecule has 0 fully saturated rings. The van der Waals surface area contributed by atoms with Crippen LogP contribution >= 0.6 is 11.6 Å². The molecule has 0 N–H and O–H groups in total. The van der Waals surface area contributed by atoms with Crippen molar-refractivity contribution >= 4 is 17.4 Å². The number of benzene rings is 1. The quantitative estimate of drug-likeness (QED) is 0.791. The summed E-state index contributed by atoms with van der Waals surface area (Å²) in [6, 6.07) is 10.7. The number of ether oxygens (including phenoxy) is 1. The Bertz CT molecular complexity index is 552. The molecule has 0 saturated carbocycles. The Morgan fingerprint density at radius 2 is 2.00 bits per heavy atom. The molecule has 0 saturated heterocycles. The van der Waals surface area contributed by atoms with E-state index in [2.05, 4.69) is 4.98 Å². The molecule has 0 radical (unpaired) electrons. The molecule has 2 rings (SSSR count). The van der Waals surface area contributed by atoms with Gasteiger partial charge >= 0.3 is 0 Å². The summed E-state index contributed by atoms with van der Waals surface area (Å²) in [7, 11) is 0. The molecular formula is C14H12ClNO2. The van der Waals surface area contributed by atoms with Crippen molar-refractivity contribution < 1.29 is 9.53 Å². The second-order valence-electron chi connectivity index (χ2n) is 3.85. The molecule has 1 aromatic heterocycles. The van der Waals surface area contributed by atoms with Gasteiger partial charge in [-0.1, -0.05) is 23.7 Å². The van der Waals surface area contributed by atoms with Crippen molar-refractivity contribution in [3.8, 4) is 5.88 Å². The third-order valence-electron chi connectivity index (χ3n) is 2.44. The molecule has 0 unspecified atom stereocenters. The molecule has 0 amide bonds. The van der Waals surface area contributed by atoms with Gasteiger partial charge in [-0.05, 0) is 30.7 Å². The van der Waals surface area contributed by atoms with Crippen molar-refractivity contribution in [1.29, 1.82) is 0 Å². The van der Waals surface area contributed by atoms with Crippen LogP contribution in [-0.4, -0.2) is 10.8 Å². The Hall–Kier alpha value is -1.87. The molecule has 4 heteroatoms. The first-order valence-corrected chi connectivity index (χ1v) is 5.87. The number of ketones is 1. The van der Waals surface area contributed by atoms with Crippen molar-refractivity contribution in [2.45, 2.75) is 13.5 Å². The molecule has 0 aliphatic carbocycles.